The monoisotopic (exact) mass is 380 g/mol. The first kappa shape index (κ1) is 18.3. The van der Waals surface area contributed by atoms with Crippen LogP contribution < -0.4 is 10.6 Å². The summed E-state index contributed by atoms with van der Waals surface area (Å²) in [5.41, 5.74) is 1.93. The Morgan fingerprint density at radius 3 is 2.30 bits per heavy atom. The molecule has 0 saturated carbocycles. The fourth-order valence-electron chi connectivity index (χ4n) is 2.51. The standard InChI is InChI=1S/C20H16N2O4S/c1-12-11-13(8-9-15(12)21-19(24)17-7-4-10-27-17)18(23)22-16-6-3-2-5-14(16)20(25)26/h2-11H,1H3,(H,21,24)(H,22,23)(H,25,26). The molecular formula is C20H16N2O4S. The van der Waals surface area contributed by atoms with Gasteiger partial charge in [0, 0.05) is 11.3 Å². The van der Waals surface area contributed by atoms with Gasteiger partial charge in [-0.2, -0.15) is 0 Å². The van der Waals surface area contributed by atoms with Crippen LogP contribution in [0.25, 0.3) is 0 Å². The summed E-state index contributed by atoms with van der Waals surface area (Å²) < 4.78 is 0. The summed E-state index contributed by atoms with van der Waals surface area (Å²) in [5.74, 6) is -1.75. The molecule has 2 amide bonds. The van der Waals surface area contributed by atoms with E-state index in [1.807, 2.05) is 5.38 Å². The number of nitrogens with one attached hydrogen (secondary N) is 2. The van der Waals surface area contributed by atoms with Crippen molar-refractivity contribution in [2.24, 2.45) is 0 Å². The van der Waals surface area contributed by atoms with E-state index >= 15 is 0 Å². The molecule has 0 aliphatic rings. The van der Waals surface area contributed by atoms with Crippen molar-refractivity contribution in [1.29, 1.82) is 0 Å². The van der Waals surface area contributed by atoms with Gasteiger partial charge in [0.2, 0.25) is 0 Å². The lowest BCUT2D eigenvalue weighted by Crippen LogP contribution is -2.16. The first-order valence-electron chi connectivity index (χ1n) is 8.05. The largest absolute Gasteiger partial charge is 0.478 e. The Balaban J connectivity index is 1.76. The molecule has 27 heavy (non-hydrogen) atoms. The predicted octanol–water partition coefficient (Wildman–Crippen LogP) is 4.26. The highest BCUT2D eigenvalue weighted by Crippen LogP contribution is 2.21. The third kappa shape index (κ3) is 4.21. The molecule has 3 rings (SSSR count). The lowest BCUT2D eigenvalue weighted by Gasteiger charge is -2.11. The van der Waals surface area contributed by atoms with E-state index in [1.165, 1.54) is 23.5 Å². The third-order valence-corrected chi connectivity index (χ3v) is 4.76. The molecule has 0 unspecified atom stereocenters. The Hall–Kier alpha value is -3.45. The van der Waals surface area contributed by atoms with Crippen LogP contribution in [0, 0.1) is 6.92 Å². The van der Waals surface area contributed by atoms with Gasteiger partial charge >= 0.3 is 5.97 Å². The summed E-state index contributed by atoms with van der Waals surface area (Å²) in [6, 6.07) is 14.6. The van der Waals surface area contributed by atoms with E-state index in [0.29, 0.717) is 16.1 Å². The van der Waals surface area contributed by atoms with Gasteiger partial charge in [-0.05, 0) is 54.3 Å². The van der Waals surface area contributed by atoms with Gasteiger partial charge in [0.1, 0.15) is 0 Å². The van der Waals surface area contributed by atoms with Gasteiger partial charge in [-0.15, -0.1) is 11.3 Å². The highest BCUT2D eigenvalue weighted by Gasteiger charge is 2.14. The Kier molecular flexibility index (Phi) is 5.33. The number of hydrogen-bond acceptors (Lipinski definition) is 4. The van der Waals surface area contributed by atoms with Crippen LogP contribution >= 0.6 is 11.3 Å². The van der Waals surface area contributed by atoms with Gasteiger partial charge in [-0.1, -0.05) is 18.2 Å². The van der Waals surface area contributed by atoms with E-state index in [2.05, 4.69) is 10.6 Å². The average molecular weight is 380 g/mol. The van der Waals surface area contributed by atoms with Crippen molar-refractivity contribution in [2.75, 3.05) is 10.6 Å². The van der Waals surface area contributed by atoms with Crippen molar-refractivity contribution >= 4 is 40.5 Å². The fourth-order valence-corrected chi connectivity index (χ4v) is 3.13. The fraction of sp³-hybridized carbons (Fsp3) is 0.0500. The van der Waals surface area contributed by atoms with Gasteiger partial charge in [-0.25, -0.2) is 4.79 Å². The van der Waals surface area contributed by atoms with Gasteiger partial charge in [0.15, 0.2) is 0 Å². The number of para-hydroxylation sites is 1. The van der Waals surface area contributed by atoms with Crippen LogP contribution in [0.1, 0.15) is 36.0 Å². The zero-order valence-electron chi connectivity index (χ0n) is 14.4. The molecule has 1 aromatic heterocycles. The van der Waals surface area contributed by atoms with E-state index in [0.717, 1.165) is 5.56 Å². The molecule has 6 nitrogen and oxygen atoms in total. The van der Waals surface area contributed by atoms with E-state index in [-0.39, 0.29) is 17.2 Å². The number of anilines is 2. The van der Waals surface area contributed by atoms with Crippen LogP contribution in [0.5, 0.6) is 0 Å². The van der Waals surface area contributed by atoms with Crippen molar-refractivity contribution in [3.05, 3.63) is 81.5 Å². The molecule has 0 saturated heterocycles. The molecule has 0 spiro atoms. The number of hydrogen-bond donors (Lipinski definition) is 3. The lowest BCUT2D eigenvalue weighted by molar-refractivity contribution is 0.0697. The quantitative estimate of drug-likeness (QED) is 0.616. The van der Waals surface area contributed by atoms with Crippen LogP contribution in [-0.2, 0) is 0 Å². The van der Waals surface area contributed by atoms with Crippen molar-refractivity contribution in [3.8, 4) is 0 Å². The van der Waals surface area contributed by atoms with E-state index in [1.54, 1.807) is 49.4 Å². The minimum Gasteiger partial charge on any atom is -0.478 e. The summed E-state index contributed by atoms with van der Waals surface area (Å²) in [5, 5.41) is 16.5. The molecule has 3 N–H and O–H groups in total. The van der Waals surface area contributed by atoms with Crippen molar-refractivity contribution < 1.29 is 19.5 Å². The number of carbonyl (C=O) groups is 3. The molecule has 0 radical (unpaired) electrons. The normalized spacial score (nSPS) is 10.3. The Labute approximate surface area is 159 Å². The first-order chi connectivity index (χ1) is 13.0. The maximum atomic E-state index is 12.5. The molecule has 136 valence electrons. The smallest absolute Gasteiger partial charge is 0.337 e. The molecule has 2 aromatic carbocycles. The Morgan fingerprint density at radius 1 is 0.889 bits per heavy atom. The summed E-state index contributed by atoms with van der Waals surface area (Å²) in [6.45, 7) is 1.78. The second-order valence-corrected chi connectivity index (χ2v) is 6.71. The number of aryl methyl sites for hydroxylation is 1. The van der Waals surface area contributed by atoms with Gasteiger partial charge in [0.05, 0.1) is 16.1 Å². The SMILES string of the molecule is Cc1cc(C(=O)Nc2ccccc2C(=O)O)ccc1NC(=O)c1cccs1. The Bertz CT molecular complexity index is 1010. The van der Waals surface area contributed by atoms with E-state index in [4.69, 9.17) is 0 Å². The topological polar surface area (TPSA) is 95.5 Å². The summed E-state index contributed by atoms with van der Waals surface area (Å²) >= 11 is 1.34. The first-order valence-corrected chi connectivity index (χ1v) is 8.93. The molecule has 0 bridgehead atoms. The minimum atomic E-state index is -1.12. The zero-order valence-corrected chi connectivity index (χ0v) is 15.2. The zero-order chi connectivity index (χ0) is 19.4. The summed E-state index contributed by atoms with van der Waals surface area (Å²) in [7, 11) is 0. The van der Waals surface area contributed by atoms with Gasteiger partial charge in [-0.3, -0.25) is 9.59 Å². The number of carboxylic acid groups (broad SMARTS) is 1. The molecule has 0 aliphatic heterocycles. The molecule has 3 aromatic rings. The lowest BCUT2D eigenvalue weighted by atomic mass is 10.1. The number of carbonyl (C=O) groups excluding carboxylic acids is 2. The number of amides is 2. The van der Waals surface area contributed by atoms with E-state index in [9.17, 15) is 19.5 Å². The summed E-state index contributed by atoms with van der Waals surface area (Å²) in [6.07, 6.45) is 0. The number of rotatable bonds is 5. The van der Waals surface area contributed by atoms with Gasteiger partial charge in [0.25, 0.3) is 11.8 Å². The highest BCUT2D eigenvalue weighted by molar-refractivity contribution is 7.12. The second kappa shape index (κ2) is 7.84. The molecule has 1 heterocycles. The molecule has 0 fully saturated rings. The number of thiophene rings is 1. The van der Waals surface area contributed by atoms with Crippen molar-refractivity contribution in [2.45, 2.75) is 6.92 Å². The maximum Gasteiger partial charge on any atom is 0.337 e. The predicted molar refractivity (Wildman–Crippen MR) is 105 cm³/mol. The van der Waals surface area contributed by atoms with Crippen molar-refractivity contribution in [1.82, 2.24) is 0 Å². The maximum absolute atomic E-state index is 12.5. The third-order valence-electron chi connectivity index (χ3n) is 3.89. The number of aromatic carboxylic acids is 1. The molecule has 0 atom stereocenters. The van der Waals surface area contributed by atoms with Gasteiger partial charge < -0.3 is 15.7 Å². The second-order valence-electron chi connectivity index (χ2n) is 5.77. The number of benzene rings is 2. The van der Waals surface area contributed by atoms with Crippen LogP contribution in [0.2, 0.25) is 0 Å². The summed E-state index contributed by atoms with van der Waals surface area (Å²) in [4.78, 5) is 36.5. The highest BCUT2D eigenvalue weighted by atomic mass is 32.1. The van der Waals surface area contributed by atoms with Crippen LogP contribution in [-0.4, -0.2) is 22.9 Å². The van der Waals surface area contributed by atoms with Crippen LogP contribution in [0.4, 0.5) is 11.4 Å². The molecular weight excluding hydrogens is 364 g/mol. The van der Waals surface area contributed by atoms with Crippen molar-refractivity contribution in [3.63, 3.8) is 0 Å². The molecule has 7 heteroatoms. The van der Waals surface area contributed by atoms with Crippen LogP contribution in [0.15, 0.2) is 60.0 Å². The number of carboxylic acids is 1. The average Bonchev–Trinajstić information content (AvgIpc) is 3.18. The minimum absolute atomic E-state index is 0.0161. The van der Waals surface area contributed by atoms with Crippen LogP contribution in [0.3, 0.4) is 0 Å². The van der Waals surface area contributed by atoms with E-state index < -0.39 is 11.9 Å². The Morgan fingerprint density at radius 2 is 1.63 bits per heavy atom. The molecule has 0 aliphatic carbocycles.